The maximum Gasteiger partial charge on any atom is 0.256 e. The summed E-state index contributed by atoms with van der Waals surface area (Å²) in [6.45, 7) is 1.75. The minimum atomic E-state index is -0.0726. The van der Waals surface area contributed by atoms with Crippen LogP contribution in [0.15, 0.2) is 10.7 Å². The molecule has 1 aliphatic carbocycles. The molecule has 0 spiro atoms. The fourth-order valence-corrected chi connectivity index (χ4v) is 2.95. The molecule has 0 radical (unpaired) electrons. The topological polar surface area (TPSA) is 55.1 Å². The zero-order valence-corrected chi connectivity index (χ0v) is 10.8. The molecule has 1 aromatic heterocycles. The third-order valence-electron chi connectivity index (χ3n) is 3.17. The Bertz CT molecular complexity index is 378. The van der Waals surface area contributed by atoms with Crippen molar-refractivity contribution < 1.29 is 9.32 Å². The first kappa shape index (κ1) is 11.6. The summed E-state index contributed by atoms with van der Waals surface area (Å²) in [5.41, 5.74) is 0.542. The molecule has 1 aliphatic rings. The van der Waals surface area contributed by atoms with Crippen molar-refractivity contribution in [3.63, 3.8) is 0 Å². The van der Waals surface area contributed by atoms with E-state index in [0.717, 1.165) is 11.8 Å². The van der Waals surface area contributed by atoms with E-state index in [4.69, 9.17) is 4.52 Å². The first-order chi connectivity index (χ1) is 7.72. The lowest BCUT2D eigenvalue weighted by Gasteiger charge is -2.18. The Morgan fingerprint density at radius 1 is 1.69 bits per heavy atom. The highest BCUT2D eigenvalue weighted by Gasteiger charge is 2.28. The van der Waals surface area contributed by atoms with Crippen LogP contribution in [0.4, 0.5) is 0 Å². The van der Waals surface area contributed by atoms with Crippen molar-refractivity contribution in [3.8, 4) is 0 Å². The maximum absolute atomic E-state index is 11.9. The molecule has 5 heteroatoms. The first-order valence-corrected chi connectivity index (χ1v) is 6.62. The Hall–Kier alpha value is -0.840. The number of halogens is 1. The molecule has 1 amide bonds. The van der Waals surface area contributed by atoms with E-state index in [0.29, 0.717) is 17.2 Å². The van der Waals surface area contributed by atoms with Crippen LogP contribution in [-0.4, -0.2) is 22.4 Å². The van der Waals surface area contributed by atoms with Crippen LogP contribution >= 0.6 is 15.9 Å². The number of nitrogens with zero attached hydrogens (tertiary/aromatic N) is 1. The molecule has 0 bridgehead atoms. The molecule has 4 nitrogen and oxygen atoms in total. The van der Waals surface area contributed by atoms with Crippen LogP contribution in [0.5, 0.6) is 0 Å². The number of carbonyl (C=O) groups is 1. The fraction of sp³-hybridized carbons (Fsp3) is 0.636. The van der Waals surface area contributed by atoms with Gasteiger partial charge in [0.1, 0.15) is 11.3 Å². The van der Waals surface area contributed by atoms with Crippen molar-refractivity contribution in [2.45, 2.75) is 32.2 Å². The van der Waals surface area contributed by atoms with Gasteiger partial charge in [-0.15, -0.1) is 0 Å². The Balaban J connectivity index is 2.00. The summed E-state index contributed by atoms with van der Waals surface area (Å²) in [5.74, 6) is 1.05. The average molecular weight is 287 g/mol. The normalized spacial score (nSPS) is 24.6. The summed E-state index contributed by atoms with van der Waals surface area (Å²) in [5, 5.41) is 7.61. The van der Waals surface area contributed by atoms with Crippen LogP contribution in [-0.2, 0) is 0 Å². The Morgan fingerprint density at radius 3 is 3.12 bits per heavy atom. The number of nitrogens with one attached hydrogen (secondary N) is 1. The molecular formula is C11H15BrN2O2. The van der Waals surface area contributed by atoms with E-state index in [9.17, 15) is 4.79 Å². The number of alkyl halides is 1. The van der Waals surface area contributed by atoms with Gasteiger partial charge in [0.05, 0.1) is 6.20 Å². The first-order valence-electron chi connectivity index (χ1n) is 5.50. The molecular weight excluding hydrogens is 272 g/mol. The fourth-order valence-electron chi connectivity index (χ4n) is 2.17. The summed E-state index contributed by atoms with van der Waals surface area (Å²) in [4.78, 5) is 11.9. The zero-order valence-electron chi connectivity index (χ0n) is 9.20. The summed E-state index contributed by atoms with van der Waals surface area (Å²) in [7, 11) is 0. The monoisotopic (exact) mass is 286 g/mol. The lowest BCUT2D eigenvalue weighted by molar-refractivity contribution is 0.0928. The van der Waals surface area contributed by atoms with E-state index in [1.165, 1.54) is 19.0 Å². The number of aryl methyl sites for hydroxylation is 1. The number of carbonyl (C=O) groups excluding carboxylic acids is 1. The van der Waals surface area contributed by atoms with E-state index in [-0.39, 0.29) is 11.9 Å². The van der Waals surface area contributed by atoms with Crippen LogP contribution in [0.25, 0.3) is 0 Å². The number of hydrogen-bond acceptors (Lipinski definition) is 3. The van der Waals surface area contributed by atoms with Crippen LogP contribution in [0, 0.1) is 12.8 Å². The lowest BCUT2D eigenvalue weighted by Crippen LogP contribution is -2.38. The summed E-state index contributed by atoms with van der Waals surface area (Å²) < 4.78 is 4.88. The second kappa shape index (κ2) is 4.99. The van der Waals surface area contributed by atoms with Gasteiger partial charge in [0.2, 0.25) is 0 Å². The molecule has 1 fully saturated rings. The highest BCUT2D eigenvalue weighted by atomic mass is 79.9. The van der Waals surface area contributed by atoms with Gasteiger partial charge in [0, 0.05) is 11.4 Å². The second-order valence-corrected chi connectivity index (χ2v) is 4.87. The summed E-state index contributed by atoms with van der Waals surface area (Å²) in [6, 6.07) is 0.279. The van der Waals surface area contributed by atoms with Crippen LogP contribution < -0.4 is 5.32 Å². The summed E-state index contributed by atoms with van der Waals surface area (Å²) >= 11 is 3.49. The van der Waals surface area contributed by atoms with Gasteiger partial charge in [-0.3, -0.25) is 4.79 Å². The SMILES string of the molecule is Cc1oncc1C(=O)NC1CCCC1CBr. The molecule has 2 atom stereocenters. The number of amides is 1. The Kier molecular flexibility index (Phi) is 3.63. The van der Waals surface area contributed by atoms with E-state index in [2.05, 4.69) is 26.4 Å². The van der Waals surface area contributed by atoms with Crippen molar-refractivity contribution in [3.05, 3.63) is 17.5 Å². The van der Waals surface area contributed by atoms with E-state index < -0.39 is 0 Å². The second-order valence-electron chi connectivity index (χ2n) is 4.22. The Labute approximate surface area is 103 Å². The van der Waals surface area contributed by atoms with Gasteiger partial charge in [0.15, 0.2) is 0 Å². The van der Waals surface area contributed by atoms with Gasteiger partial charge in [-0.1, -0.05) is 27.5 Å². The van der Waals surface area contributed by atoms with Gasteiger partial charge in [0.25, 0.3) is 5.91 Å². The molecule has 0 aliphatic heterocycles. The summed E-state index contributed by atoms with van der Waals surface area (Å²) in [6.07, 6.45) is 4.90. The molecule has 0 saturated heterocycles. The Morgan fingerprint density at radius 2 is 2.50 bits per heavy atom. The van der Waals surface area contributed by atoms with Crippen molar-refractivity contribution in [1.29, 1.82) is 0 Å². The molecule has 1 aromatic rings. The van der Waals surface area contributed by atoms with E-state index >= 15 is 0 Å². The highest BCUT2D eigenvalue weighted by molar-refractivity contribution is 9.09. The third-order valence-corrected chi connectivity index (χ3v) is 4.00. The number of rotatable bonds is 3. The third kappa shape index (κ3) is 2.29. The quantitative estimate of drug-likeness (QED) is 0.868. The van der Waals surface area contributed by atoms with Gasteiger partial charge in [-0.2, -0.15) is 0 Å². The molecule has 88 valence electrons. The molecule has 16 heavy (non-hydrogen) atoms. The molecule has 1 N–H and O–H groups in total. The minimum Gasteiger partial charge on any atom is -0.361 e. The van der Waals surface area contributed by atoms with Gasteiger partial charge in [-0.05, 0) is 25.7 Å². The highest BCUT2D eigenvalue weighted by Crippen LogP contribution is 2.27. The van der Waals surface area contributed by atoms with Crippen molar-refractivity contribution in [2.75, 3.05) is 5.33 Å². The average Bonchev–Trinajstić information content (AvgIpc) is 2.86. The molecule has 1 saturated carbocycles. The smallest absolute Gasteiger partial charge is 0.256 e. The standard InChI is InChI=1S/C11H15BrN2O2/c1-7-9(6-13-16-7)11(15)14-10-4-2-3-8(10)5-12/h6,8,10H,2-5H2,1H3,(H,14,15). The van der Waals surface area contributed by atoms with Gasteiger partial charge in [-0.25, -0.2) is 0 Å². The molecule has 2 unspecified atom stereocenters. The molecule has 0 aromatic carbocycles. The van der Waals surface area contributed by atoms with Crippen LogP contribution in [0.1, 0.15) is 35.4 Å². The molecule has 1 heterocycles. The van der Waals surface area contributed by atoms with Crippen LogP contribution in [0.3, 0.4) is 0 Å². The maximum atomic E-state index is 11.9. The van der Waals surface area contributed by atoms with E-state index in [1.54, 1.807) is 6.92 Å². The van der Waals surface area contributed by atoms with Crippen molar-refractivity contribution in [2.24, 2.45) is 5.92 Å². The van der Waals surface area contributed by atoms with E-state index in [1.807, 2.05) is 0 Å². The predicted molar refractivity (Wildman–Crippen MR) is 63.6 cm³/mol. The predicted octanol–water partition coefficient (Wildman–Crippen LogP) is 2.28. The zero-order chi connectivity index (χ0) is 11.5. The number of aromatic nitrogens is 1. The molecule has 2 rings (SSSR count). The van der Waals surface area contributed by atoms with Gasteiger partial charge >= 0.3 is 0 Å². The minimum absolute atomic E-state index is 0.0726. The van der Waals surface area contributed by atoms with Gasteiger partial charge < -0.3 is 9.84 Å². The van der Waals surface area contributed by atoms with Crippen molar-refractivity contribution in [1.82, 2.24) is 10.5 Å². The van der Waals surface area contributed by atoms with Crippen molar-refractivity contribution >= 4 is 21.8 Å². The largest absolute Gasteiger partial charge is 0.361 e. The lowest BCUT2D eigenvalue weighted by atomic mass is 10.1. The number of hydrogen-bond donors (Lipinski definition) is 1. The van der Waals surface area contributed by atoms with Crippen LogP contribution in [0.2, 0.25) is 0 Å².